The number of nitrogens with zero attached hydrogens (tertiary/aromatic N) is 1. The first kappa shape index (κ1) is 28.2. The van der Waals surface area contributed by atoms with Gasteiger partial charge in [0, 0.05) is 24.7 Å². The van der Waals surface area contributed by atoms with Crippen LogP contribution in [-0.2, 0) is 6.54 Å². The van der Waals surface area contributed by atoms with E-state index in [2.05, 4.69) is 29.7 Å². The normalized spacial score (nSPS) is 14.4. The lowest BCUT2D eigenvalue weighted by molar-refractivity contribution is 0.0934. The molecular formula is C31H41N3O3. The third kappa shape index (κ3) is 8.60. The highest BCUT2D eigenvalue weighted by atomic mass is 16.5. The Morgan fingerprint density at radius 3 is 2.54 bits per heavy atom. The molecule has 1 fully saturated rings. The second-order valence-electron chi connectivity index (χ2n) is 9.77. The highest BCUT2D eigenvalue weighted by molar-refractivity contribution is 5.98. The fourth-order valence-electron chi connectivity index (χ4n) is 4.47. The van der Waals surface area contributed by atoms with Crippen molar-refractivity contribution < 1.29 is 14.3 Å². The molecule has 1 aliphatic carbocycles. The van der Waals surface area contributed by atoms with Crippen molar-refractivity contribution in [3.63, 3.8) is 0 Å². The van der Waals surface area contributed by atoms with E-state index in [0.717, 1.165) is 42.5 Å². The number of allylic oxidation sites excluding steroid dienone is 4. The zero-order valence-electron chi connectivity index (χ0n) is 22.7. The van der Waals surface area contributed by atoms with Gasteiger partial charge in [0.15, 0.2) is 0 Å². The number of rotatable bonds is 12. The number of carbonyl (C=O) groups excluding carboxylic acids is 2. The predicted octanol–water partition coefficient (Wildman–Crippen LogP) is 5.60. The van der Waals surface area contributed by atoms with E-state index in [0.29, 0.717) is 30.0 Å². The number of carbonyl (C=O) groups is 2. The number of ether oxygens (including phenoxy) is 1. The summed E-state index contributed by atoms with van der Waals surface area (Å²) in [6, 6.07) is 13.4. The molecule has 0 heterocycles. The van der Waals surface area contributed by atoms with Crippen LogP contribution in [0, 0.1) is 0 Å². The maximum absolute atomic E-state index is 13.2. The van der Waals surface area contributed by atoms with Gasteiger partial charge in [-0.15, -0.1) is 0 Å². The molecule has 2 aromatic carbocycles. The van der Waals surface area contributed by atoms with Crippen LogP contribution in [0.25, 0.3) is 5.57 Å². The van der Waals surface area contributed by atoms with Crippen LogP contribution in [-0.4, -0.2) is 50.0 Å². The maximum atomic E-state index is 13.2. The Kier molecular flexibility index (Phi) is 11.0. The highest BCUT2D eigenvalue weighted by Crippen LogP contribution is 2.26. The number of hydrogen-bond donors (Lipinski definition) is 2. The lowest BCUT2D eigenvalue weighted by atomic mass is 10.0. The fraction of sp³-hybridized carbons (Fsp3) is 0.419. The molecule has 2 N–H and O–H groups in total. The van der Waals surface area contributed by atoms with Gasteiger partial charge in [-0.05, 0) is 81.2 Å². The summed E-state index contributed by atoms with van der Waals surface area (Å²) in [5.41, 5.74) is 4.10. The predicted molar refractivity (Wildman–Crippen MR) is 151 cm³/mol. The lowest BCUT2D eigenvalue weighted by Gasteiger charge is -2.16. The average Bonchev–Trinajstić information content (AvgIpc) is 3.40. The summed E-state index contributed by atoms with van der Waals surface area (Å²) in [6.07, 6.45) is 11.6. The molecule has 2 aromatic rings. The molecule has 1 saturated carbocycles. The van der Waals surface area contributed by atoms with Gasteiger partial charge in [-0.2, -0.15) is 0 Å². The topological polar surface area (TPSA) is 70.7 Å². The van der Waals surface area contributed by atoms with Crippen molar-refractivity contribution in [1.82, 2.24) is 15.5 Å². The zero-order chi connectivity index (χ0) is 26.6. The molecule has 6 nitrogen and oxygen atoms in total. The van der Waals surface area contributed by atoms with Gasteiger partial charge in [0.05, 0.1) is 5.56 Å². The number of benzene rings is 2. The minimum absolute atomic E-state index is 0.0516. The molecule has 0 unspecified atom stereocenters. The molecule has 0 aromatic heterocycles. The summed E-state index contributed by atoms with van der Waals surface area (Å²) in [5, 5.41) is 6.13. The van der Waals surface area contributed by atoms with Crippen LogP contribution in [0.2, 0.25) is 0 Å². The summed E-state index contributed by atoms with van der Waals surface area (Å²) in [4.78, 5) is 27.9. The van der Waals surface area contributed by atoms with Crippen molar-refractivity contribution in [2.75, 3.05) is 27.2 Å². The van der Waals surface area contributed by atoms with Crippen LogP contribution in [0.1, 0.15) is 77.8 Å². The Morgan fingerprint density at radius 2 is 1.84 bits per heavy atom. The van der Waals surface area contributed by atoms with Gasteiger partial charge in [-0.3, -0.25) is 9.59 Å². The summed E-state index contributed by atoms with van der Waals surface area (Å²) in [5.74, 6) is 0.302. The van der Waals surface area contributed by atoms with E-state index in [-0.39, 0.29) is 17.9 Å². The molecule has 198 valence electrons. The number of likely N-dealkylation sites (N-methyl/N-ethyl adjacent to an activating group) is 1. The van der Waals surface area contributed by atoms with Gasteiger partial charge in [-0.1, -0.05) is 56.2 Å². The van der Waals surface area contributed by atoms with Crippen molar-refractivity contribution in [2.24, 2.45) is 0 Å². The Bertz CT molecular complexity index is 1110. The molecule has 0 saturated heterocycles. The third-order valence-corrected chi connectivity index (χ3v) is 6.46. The first-order valence-corrected chi connectivity index (χ1v) is 13.3. The summed E-state index contributed by atoms with van der Waals surface area (Å²) < 4.78 is 6.08. The number of nitrogens with one attached hydrogen (secondary N) is 2. The molecule has 0 bridgehead atoms. The van der Waals surface area contributed by atoms with Crippen molar-refractivity contribution >= 4 is 17.4 Å². The van der Waals surface area contributed by atoms with Crippen LogP contribution in [0.5, 0.6) is 5.75 Å². The summed E-state index contributed by atoms with van der Waals surface area (Å²) in [6.45, 7) is 5.64. The van der Waals surface area contributed by atoms with Gasteiger partial charge >= 0.3 is 0 Å². The standard InChI is InChI=1S/C31H41N3O3/c1-5-10-24(11-6-2)25-16-17-28(29(21-25)37-19-18-34(3)4)31(36)32-22-23-12-9-13-26(20-23)30(35)33-27-14-7-8-15-27/h5,9-13,16-17,20-21,27H,6-8,14-15,18-19,22H2,1-4H3,(H,32,36)(H,33,35)/b10-5-,24-11+. The molecule has 1 aliphatic rings. The largest absolute Gasteiger partial charge is 0.491 e. The van der Waals surface area contributed by atoms with Gasteiger partial charge in [0.1, 0.15) is 12.4 Å². The van der Waals surface area contributed by atoms with Crippen LogP contribution in [0.15, 0.2) is 60.7 Å². The second kappa shape index (κ2) is 14.4. The summed E-state index contributed by atoms with van der Waals surface area (Å²) >= 11 is 0. The smallest absolute Gasteiger partial charge is 0.255 e. The lowest BCUT2D eigenvalue weighted by Crippen LogP contribution is -2.32. The summed E-state index contributed by atoms with van der Waals surface area (Å²) in [7, 11) is 3.98. The van der Waals surface area contributed by atoms with E-state index < -0.39 is 0 Å². The molecular weight excluding hydrogens is 462 g/mol. The van der Waals surface area contributed by atoms with Crippen molar-refractivity contribution in [1.29, 1.82) is 0 Å². The van der Waals surface area contributed by atoms with E-state index in [1.807, 2.05) is 74.5 Å². The quantitative estimate of drug-likeness (QED) is 0.370. The SMILES string of the molecule is C/C=C\C(=C/CC)c1ccc(C(=O)NCc2cccc(C(=O)NC3CCCC3)c2)c(OCCN(C)C)c1. The minimum Gasteiger partial charge on any atom is -0.491 e. The second-order valence-corrected chi connectivity index (χ2v) is 9.77. The van der Waals surface area contributed by atoms with Crippen LogP contribution in [0.4, 0.5) is 0 Å². The molecule has 3 rings (SSSR count). The van der Waals surface area contributed by atoms with Gasteiger partial charge in [-0.25, -0.2) is 0 Å². The molecule has 6 heteroatoms. The monoisotopic (exact) mass is 503 g/mol. The van der Waals surface area contributed by atoms with E-state index in [4.69, 9.17) is 4.74 Å². The minimum atomic E-state index is -0.209. The highest BCUT2D eigenvalue weighted by Gasteiger charge is 2.18. The van der Waals surface area contributed by atoms with Crippen molar-refractivity contribution in [3.8, 4) is 5.75 Å². The number of amides is 2. The van der Waals surface area contributed by atoms with Crippen LogP contribution >= 0.6 is 0 Å². The van der Waals surface area contributed by atoms with E-state index in [9.17, 15) is 9.59 Å². The van der Waals surface area contributed by atoms with E-state index in [1.54, 1.807) is 0 Å². The van der Waals surface area contributed by atoms with Gasteiger partial charge < -0.3 is 20.3 Å². The first-order chi connectivity index (χ1) is 17.9. The van der Waals surface area contributed by atoms with E-state index in [1.165, 1.54) is 12.8 Å². The van der Waals surface area contributed by atoms with Crippen LogP contribution in [0.3, 0.4) is 0 Å². The Balaban J connectivity index is 1.73. The Hall–Kier alpha value is -3.38. The molecule has 37 heavy (non-hydrogen) atoms. The van der Waals surface area contributed by atoms with Gasteiger partial charge in [0.2, 0.25) is 0 Å². The van der Waals surface area contributed by atoms with E-state index >= 15 is 0 Å². The molecule has 0 atom stereocenters. The molecule has 0 aliphatic heterocycles. The van der Waals surface area contributed by atoms with Crippen molar-refractivity contribution in [2.45, 2.75) is 58.5 Å². The zero-order valence-corrected chi connectivity index (χ0v) is 22.7. The van der Waals surface area contributed by atoms with Crippen LogP contribution < -0.4 is 15.4 Å². The number of hydrogen-bond acceptors (Lipinski definition) is 4. The molecule has 0 radical (unpaired) electrons. The van der Waals surface area contributed by atoms with Gasteiger partial charge in [0.25, 0.3) is 11.8 Å². The third-order valence-electron chi connectivity index (χ3n) is 6.46. The Morgan fingerprint density at radius 1 is 1.05 bits per heavy atom. The van der Waals surface area contributed by atoms with Crippen molar-refractivity contribution in [3.05, 3.63) is 82.9 Å². The Labute approximate surface area is 221 Å². The maximum Gasteiger partial charge on any atom is 0.255 e. The average molecular weight is 504 g/mol. The fourth-order valence-corrected chi connectivity index (χ4v) is 4.47. The molecule has 0 spiro atoms. The first-order valence-electron chi connectivity index (χ1n) is 13.3. The molecule has 2 amide bonds.